The summed E-state index contributed by atoms with van der Waals surface area (Å²) in [6, 6.07) is 13.5. The first kappa shape index (κ1) is 15.0. The zero-order chi connectivity index (χ0) is 16.5. The third-order valence-corrected chi connectivity index (χ3v) is 4.48. The van der Waals surface area contributed by atoms with Gasteiger partial charge in [0.1, 0.15) is 11.2 Å². The standard InChI is InChI=1S/C19H20N2O3/c1-21(12-14-5-4-10-23-14)19(22)20-13-8-9-16-15-6-2-3-7-17(15)24-18(16)11-13/h2-3,6-9,11,14H,4-5,10,12H2,1H3,(H,20,22). The van der Waals surface area contributed by atoms with Crippen molar-refractivity contribution in [1.29, 1.82) is 0 Å². The van der Waals surface area contributed by atoms with Gasteiger partial charge in [-0.25, -0.2) is 4.79 Å². The van der Waals surface area contributed by atoms with Gasteiger partial charge in [-0.15, -0.1) is 0 Å². The van der Waals surface area contributed by atoms with Crippen molar-refractivity contribution in [2.24, 2.45) is 0 Å². The van der Waals surface area contributed by atoms with Crippen LogP contribution in [0.4, 0.5) is 10.5 Å². The summed E-state index contributed by atoms with van der Waals surface area (Å²) in [7, 11) is 1.79. The van der Waals surface area contributed by atoms with Crippen LogP contribution < -0.4 is 5.32 Å². The predicted octanol–water partition coefficient (Wildman–Crippen LogP) is 4.23. The van der Waals surface area contributed by atoms with E-state index < -0.39 is 0 Å². The monoisotopic (exact) mass is 324 g/mol. The lowest BCUT2D eigenvalue weighted by Gasteiger charge is -2.21. The first-order chi connectivity index (χ1) is 11.7. The highest BCUT2D eigenvalue weighted by Crippen LogP contribution is 2.30. The maximum absolute atomic E-state index is 12.3. The van der Waals surface area contributed by atoms with E-state index in [1.54, 1.807) is 11.9 Å². The van der Waals surface area contributed by atoms with Gasteiger partial charge in [-0.3, -0.25) is 0 Å². The number of hydrogen-bond acceptors (Lipinski definition) is 3. The van der Waals surface area contributed by atoms with Crippen LogP contribution in [0.2, 0.25) is 0 Å². The molecule has 0 spiro atoms. The Morgan fingerprint density at radius 1 is 1.21 bits per heavy atom. The van der Waals surface area contributed by atoms with Gasteiger partial charge in [0.15, 0.2) is 0 Å². The molecule has 1 aromatic heterocycles. The van der Waals surface area contributed by atoms with Crippen LogP contribution in [0, 0.1) is 0 Å². The van der Waals surface area contributed by atoms with Gasteiger partial charge in [0, 0.05) is 42.7 Å². The van der Waals surface area contributed by atoms with E-state index in [9.17, 15) is 4.79 Å². The Morgan fingerprint density at radius 2 is 2.04 bits per heavy atom. The van der Waals surface area contributed by atoms with Crippen molar-refractivity contribution < 1.29 is 13.9 Å². The van der Waals surface area contributed by atoms with E-state index in [1.165, 1.54) is 0 Å². The van der Waals surface area contributed by atoms with Crippen molar-refractivity contribution in [3.8, 4) is 0 Å². The largest absolute Gasteiger partial charge is 0.456 e. The van der Waals surface area contributed by atoms with E-state index >= 15 is 0 Å². The lowest BCUT2D eigenvalue weighted by molar-refractivity contribution is 0.0894. The summed E-state index contributed by atoms with van der Waals surface area (Å²) in [6.45, 7) is 1.40. The summed E-state index contributed by atoms with van der Waals surface area (Å²) in [4.78, 5) is 14.0. The molecule has 1 fully saturated rings. The van der Waals surface area contributed by atoms with E-state index in [4.69, 9.17) is 9.15 Å². The third kappa shape index (κ3) is 2.83. The number of furan rings is 1. The zero-order valence-corrected chi connectivity index (χ0v) is 13.6. The van der Waals surface area contributed by atoms with Crippen molar-refractivity contribution in [3.63, 3.8) is 0 Å². The molecule has 0 aliphatic carbocycles. The lowest BCUT2D eigenvalue weighted by atomic mass is 10.1. The average Bonchev–Trinajstić information content (AvgIpc) is 3.21. The van der Waals surface area contributed by atoms with Crippen LogP contribution in [0.3, 0.4) is 0 Å². The molecule has 1 saturated heterocycles. The summed E-state index contributed by atoms with van der Waals surface area (Å²) in [6.07, 6.45) is 2.24. The zero-order valence-electron chi connectivity index (χ0n) is 13.6. The van der Waals surface area contributed by atoms with E-state index in [0.29, 0.717) is 6.54 Å². The Balaban J connectivity index is 1.51. The van der Waals surface area contributed by atoms with Gasteiger partial charge in [-0.2, -0.15) is 0 Å². The Hall–Kier alpha value is -2.53. The minimum Gasteiger partial charge on any atom is -0.456 e. The maximum Gasteiger partial charge on any atom is 0.321 e. The molecule has 5 nitrogen and oxygen atoms in total. The van der Waals surface area contributed by atoms with Gasteiger partial charge in [-0.1, -0.05) is 18.2 Å². The Bertz CT molecular complexity index is 881. The van der Waals surface area contributed by atoms with Gasteiger partial charge in [0.25, 0.3) is 0 Å². The first-order valence-electron chi connectivity index (χ1n) is 8.26. The number of likely N-dealkylation sites (N-methyl/N-ethyl adjacent to an activating group) is 1. The van der Waals surface area contributed by atoms with Crippen LogP contribution in [0.25, 0.3) is 21.9 Å². The Morgan fingerprint density at radius 3 is 2.88 bits per heavy atom. The van der Waals surface area contributed by atoms with Gasteiger partial charge in [0.05, 0.1) is 6.10 Å². The summed E-state index contributed by atoms with van der Waals surface area (Å²) in [5.41, 5.74) is 2.35. The number of ether oxygens (including phenoxy) is 1. The highest BCUT2D eigenvalue weighted by molar-refractivity contribution is 6.06. The molecule has 1 unspecified atom stereocenters. The molecule has 0 radical (unpaired) electrons. The molecule has 4 rings (SSSR count). The van der Waals surface area contributed by atoms with Crippen molar-refractivity contribution in [1.82, 2.24) is 4.90 Å². The van der Waals surface area contributed by atoms with Gasteiger partial charge < -0.3 is 19.4 Å². The second-order valence-corrected chi connectivity index (χ2v) is 6.25. The SMILES string of the molecule is CN(CC1CCCO1)C(=O)Nc1ccc2c(c1)oc1ccccc12. The van der Waals surface area contributed by atoms with Crippen LogP contribution in [-0.4, -0.2) is 37.2 Å². The predicted molar refractivity (Wildman–Crippen MR) is 94.3 cm³/mol. The molecule has 1 atom stereocenters. The van der Waals surface area contributed by atoms with Crippen molar-refractivity contribution in [2.75, 3.05) is 25.5 Å². The number of anilines is 1. The number of nitrogens with zero attached hydrogens (tertiary/aromatic N) is 1. The number of fused-ring (bicyclic) bond motifs is 3. The number of hydrogen-bond donors (Lipinski definition) is 1. The van der Waals surface area contributed by atoms with Gasteiger partial charge in [-0.05, 0) is 31.0 Å². The summed E-state index contributed by atoms with van der Waals surface area (Å²) < 4.78 is 11.4. The highest BCUT2D eigenvalue weighted by Gasteiger charge is 2.20. The Labute approximate surface area is 140 Å². The number of carbonyl (C=O) groups is 1. The molecule has 1 aliphatic heterocycles. The summed E-state index contributed by atoms with van der Waals surface area (Å²) in [5, 5.41) is 5.06. The average molecular weight is 324 g/mol. The number of benzene rings is 2. The van der Waals surface area contributed by atoms with E-state index in [1.807, 2.05) is 42.5 Å². The van der Waals surface area contributed by atoms with Crippen LogP contribution >= 0.6 is 0 Å². The number of urea groups is 1. The van der Waals surface area contributed by atoms with Crippen molar-refractivity contribution >= 4 is 33.7 Å². The normalized spacial score (nSPS) is 17.5. The summed E-state index contributed by atoms with van der Waals surface area (Å²) in [5.74, 6) is 0. The quantitative estimate of drug-likeness (QED) is 0.784. The molecular weight excluding hydrogens is 304 g/mol. The molecule has 1 aliphatic rings. The van der Waals surface area contributed by atoms with E-state index in [0.717, 1.165) is 47.1 Å². The number of rotatable bonds is 3. The fraction of sp³-hybridized carbons (Fsp3) is 0.316. The Kier molecular flexibility index (Phi) is 3.86. The minimum absolute atomic E-state index is 0.138. The summed E-state index contributed by atoms with van der Waals surface area (Å²) >= 11 is 0. The number of para-hydroxylation sites is 1. The fourth-order valence-electron chi connectivity index (χ4n) is 3.20. The van der Waals surface area contributed by atoms with Crippen molar-refractivity contribution in [3.05, 3.63) is 42.5 Å². The molecular formula is C19H20N2O3. The second kappa shape index (κ2) is 6.17. The van der Waals surface area contributed by atoms with E-state index in [2.05, 4.69) is 5.32 Å². The molecule has 0 bridgehead atoms. The molecule has 1 N–H and O–H groups in total. The maximum atomic E-state index is 12.3. The molecule has 2 amide bonds. The minimum atomic E-state index is -0.138. The van der Waals surface area contributed by atoms with Crippen molar-refractivity contribution in [2.45, 2.75) is 18.9 Å². The third-order valence-electron chi connectivity index (χ3n) is 4.48. The van der Waals surface area contributed by atoms with Crippen LogP contribution in [-0.2, 0) is 4.74 Å². The molecule has 2 heterocycles. The molecule has 5 heteroatoms. The first-order valence-corrected chi connectivity index (χ1v) is 8.26. The molecule has 0 saturated carbocycles. The van der Waals surface area contributed by atoms with Gasteiger partial charge >= 0.3 is 6.03 Å². The van der Waals surface area contributed by atoms with Crippen LogP contribution in [0.5, 0.6) is 0 Å². The highest BCUT2D eigenvalue weighted by atomic mass is 16.5. The smallest absolute Gasteiger partial charge is 0.321 e. The molecule has 3 aromatic rings. The number of amides is 2. The topological polar surface area (TPSA) is 54.7 Å². The molecule has 24 heavy (non-hydrogen) atoms. The van der Waals surface area contributed by atoms with E-state index in [-0.39, 0.29) is 12.1 Å². The molecule has 2 aromatic carbocycles. The second-order valence-electron chi connectivity index (χ2n) is 6.25. The lowest BCUT2D eigenvalue weighted by Crippen LogP contribution is -2.37. The van der Waals surface area contributed by atoms with Crippen LogP contribution in [0.1, 0.15) is 12.8 Å². The number of carbonyl (C=O) groups excluding carboxylic acids is 1. The molecule has 124 valence electrons. The van der Waals surface area contributed by atoms with Gasteiger partial charge in [0.2, 0.25) is 0 Å². The van der Waals surface area contributed by atoms with Crippen LogP contribution in [0.15, 0.2) is 46.9 Å². The number of nitrogens with one attached hydrogen (secondary N) is 1. The fourth-order valence-corrected chi connectivity index (χ4v) is 3.20.